The lowest BCUT2D eigenvalue weighted by Crippen LogP contribution is -2.56. The molecule has 1 N–H and O–H groups in total. The molecule has 2 bridgehead atoms. The van der Waals surface area contributed by atoms with Gasteiger partial charge in [0.2, 0.25) is 17.7 Å². The van der Waals surface area contributed by atoms with Crippen LogP contribution < -0.4 is 4.90 Å². The van der Waals surface area contributed by atoms with Crippen LogP contribution in [0.5, 0.6) is 0 Å². The van der Waals surface area contributed by atoms with Crippen LogP contribution in [-0.4, -0.2) is 82.7 Å². The van der Waals surface area contributed by atoms with E-state index in [0.29, 0.717) is 25.9 Å². The van der Waals surface area contributed by atoms with E-state index in [0.717, 1.165) is 24.9 Å². The van der Waals surface area contributed by atoms with Gasteiger partial charge in [0.1, 0.15) is 11.6 Å². The highest BCUT2D eigenvalue weighted by Crippen LogP contribution is 2.63. The third kappa shape index (κ3) is 4.58. The molecule has 206 valence electrons. The average Bonchev–Trinajstić information content (AvgIpc) is 3.48. The number of fused-ring (bicyclic) bond motifs is 1. The molecule has 38 heavy (non-hydrogen) atoms. The molecular weight excluding hydrogens is 482 g/mol. The molecule has 8 heteroatoms. The monoisotopic (exact) mass is 523 g/mol. The Morgan fingerprint density at radius 3 is 2.47 bits per heavy atom. The minimum Gasteiger partial charge on any atom is -0.395 e. The molecule has 3 heterocycles. The Bertz CT molecular complexity index is 1060. The van der Waals surface area contributed by atoms with E-state index >= 15 is 0 Å². The van der Waals surface area contributed by atoms with Gasteiger partial charge in [-0.15, -0.1) is 13.2 Å². The molecule has 8 nitrogen and oxygen atoms in total. The van der Waals surface area contributed by atoms with Gasteiger partial charge in [0.05, 0.1) is 24.0 Å². The number of unbranched alkanes of at least 4 members (excludes halogenated alkanes) is 2. The van der Waals surface area contributed by atoms with E-state index in [2.05, 4.69) is 20.1 Å². The highest BCUT2D eigenvalue weighted by molar-refractivity contribution is 6.03. The molecule has 1 aromatic rings. The van der Waals surface area contributed by atoms with Gasteiger partial charge < -0.3 is 24.5 Å². The summed E-state index contributed by atoms with van der Waals surface area (Å²) in [7, 11) is 0. The number of hydrogen-bond donors (Lipinski definition) is 1. The van der Waals surface area contributed by atoms with Crippen LogP contribution >= 0.6 is 0 Å². The fourth-order valence-electron chi connectivity index (χ4n) is 6.83. The molecule has 1 aromatic carbocycles. The van der Waals surface area contributed by atoms with Crippen molar-refractivity contribution >= 4 is 23.4 Å². The number of anilines is 1. The van der Waals surface area contributed by atoms with Crippen molar-refractivity contribution in [2.24, 2.45) is 11.8 Å². The summed E-state index contributed by atoms with van der Waals surface area (Å²) in [5.74, 6) is -2.25. The van der Waals surface area contributed by atoms with Crippen molar-refractivity contribution in [3.8, 4) is 0 Å². The van der Waals surface area contributed by atoms with Gasteiger partial charge in [0, 0.05) is 31.9 Å². The minimum atomic E-state index is -1.11. The molecule has 3 fully saturated rings. The standard InChI is InChI=1S/C30H41N3O5/c1-5-8-12-19-31(17-6-2)28(37)25-30-16-15-29(4,38-30)23(24(30)27(36)33(25)20-21-34)26(35)32(18-7-3)22-13-10-9-11-14-22/h6-7,9-11,13-14,23-25,34H,2-3,5,8,12,15-21H2,1,4H3/t23-,24+,25?,29+,30?/m1/s1. The smallest absolute Gasteiger partial charge is 0.248 e. The predicted octanol–water partition coefficient (Wildman–Crippen LogP) is 3.17. The van der Waals surface area contributed by atoms with E-state index in [1.165, 1.54) is 4.90 Å². The van der Waals surface area contributed by atoms with Crippen LogP contribution in [0.1, 0.15) is 46.0 Å². The van der Waals surface area contributed by atoms with Gasteiger partial charge in [0.15, 0.2) is 0 Å². The molecule has 0 radical (unpaired) electrons. The number of carbonyl (C=O) groups is 3. The van der Waals surface area contributed by atoms with Gasteiger partial charge in [-0.05, 0) is 38.3 Å². The highest BCUT2D eigenvalue weighted by Gasteiger charge is 2.78. The quantitative estimate of drug-likeness (QED) is 0.317. The number of aliphatic hydroxyl groups is 1. The fourth-order valence-corrected chi connectivity index (χ4v) is 6.83. The number of benzene rings is 1. The molecule has 2 unspecified atom stereocenters. The summed E-state index contributed by atoms with van der Waals surface area (Å²) in [5.41, 5.74) is -1.27. The molecule has 3 aliphatic rings. The Kier molecular flexibility index (Phi) is 8.43. The van der Waals surface area contributed by atoms with E-state index in [9.17, 15) is 19.5 Å². The largest absolute Gasteiger partial charge is 0.395 e. The first-order valence-corrected chi connectivity index (χ1v) is 13.8. The maximum Gasteiger partial charge on any atom is 0.248 e. The Morgan fingerprint density at radius 1 is 1.13 bits per heavy atom. The molecule has 5 atom stereocenters. The van der Waals surface area contributed by atoms with E-state index in [-0.39, 0.29) is 37.4 Å². The first-order valence-electron chi connectivity index (χ1n) is 13.8. The summed E-state index contributed by atoms with van der Waals surface area (Å²) in [5, 5.41) is 9.86. The second-order valence-electron chi connectivity index (χ2n) is 10.8. The summed E-state index contributed by atoms with van der Waals surface area (Å²) >= 11 is 0. The van der Waals surface area contributed by atoms with Crippen LogP contribution in [0.3, 0.4) is 0 Å². The number of nitrogens with zero attached hydrogens (tertiary/aromatic N) is 3. The molecule has 3 aliphatic heterocycles. The van der Waals surface area contributed by atoms with Crippen molar-refractivity contribution < 1.29 is 24.2 Å². The third-order valence-corrected chi connectivity index (χ3v) is 8.46. The predicted molar refractivity (Wildman–Crippen MR) is 146 cm³/mol. The van der Waals surface area contributed by atoms with Crippen LogP contribution in [-0.2, 0) is 19.1 Å². The Labute approximate surface area is 225 Å². The third-order valence-electron chi connectivity index (χ3n) is 8.46. The van der Waals surface area contributed by atoms with Crippen LogP contribution in [0.25, 0.3) is 0 Å². The van der Waals surface area contributed by atoms with Gasteiger partial charge >= 0.3 is 0 Å². The fraction of sp³-hybridized carbons (Fsp3) is 0.567. The number of amides is 3. The van der Waals surface area contributed by atoms with Gasteiger partial charge in [-0.2, -0.15) is 0 Å². The van der Waals surface area contributed by atoms with Gasteiger partial charge in [-0.1, -0.05) is 50.1 Å². The maximum absolute atomic E-state index is 14.2. The van der Waals surface area contributed by atoms with Gasteiger partial charge in [-0.3, -0.25) is 14.4 Å². The summed E-state index contributed by atoms with van der Waals surface area (Å²) in [6.45, 7) is 12.6. The van der Waals surface area contributed by atoms with E-state index < -0.39 is 29.1 Å². The number of para-hydroxylation sites is 1. The van der Waals surface area contributed by atoms with Crippen LogP contribution in [0, 0.1) is 11.8 Å². The van der Waals surface area contributed by atoms with Crippen LogP contribution in [0.15, 0.2) is 55.6 Å². The molecule has 0 aliphatic carbocycles. The van der Waals surface area contributed by atoms with Crippen LogP contribution in [0.2, 0.25) is 0 Å². The number of hydrogen-bond acceptors (Lipinski definition) is 5. The van der Waals surface area contributed by atoms with Gasteiger partial charge in [-0.25, -0.2) is 0 Å². The van der Waals surface area contributed by atoms with Crippen molar-refractivity contribution in [3.05, 3.63) is 55.6 Å². The molecule has 0 saturated carbocycles. The number of aliphatic hydroxyl groups excluding tert-OH is 1. The zero-order valence-corrected chi connectivity index (χ0v) is 22.7. The minimum absolute atomic E-state index is 0.0143. The van der Waals surface area contributed by atoms with Crippen molar-refractivity contribution in [2.45, 2.75) is 63.2 Å². The maximum atomic E-state index is 14.2. The summed E-state index contributed by atoms with van der Waals surface area (Å²) in [6.07, 6.45) is 7.29. The summed E-state index contributed by atoms with van der Waals surface area (Å²) < 4.78 is 6.71. The lowest BCUT2D eigenvalue weighted by Gasteiger charge is -2.37. The number of likely N-dealkylation sites (tertiary alicyclic amines) is 1. The normalized spacial score (nSPS) is 29.3. The van der Waals surface area contributed by atoms with Crippen molar-refractivity contribution in [2.75, 3.05) is 37.7 Å². The number of ether oxygens (including phenoxy) is 1. The Morgan fingerprint density at radius 2 is 1.84 bits per heavy atom. The van der Waals surface area contributed by atoms with Crippen molar-refractivity contribution in [1.29, 1.82) is 0 Å². The Hall–Kier alpha value is -2.97. The zero-order valence-electron chi connectivity index (χ0n) is 22.7. The molecular formula is C30H41N3O5. The summed E-state index contributed by atoms with van der Waals surface area (Å²) in [6, 6.07) is 8.44. The molecule has 3 amide bonds. The van der Waals surface area contributed by atoms with Crippen molar-refractivity contribution in [1.82, 2.24) is 9.80 Å². The second-order valence-corrected chi connectivity index (χ2v) is 10.8. The van der Waals surface area contributed by atoms with E-state index in [4.69, 9.17) is 4.74 Å². The molecule has 4 rings (SSSR count). The zero-order chi connectivity index (χ0) is 27.5. The first-order chi connectivity index (χ1) is 18.3. The lowest BCUT2D eigenvalue weighted by molar-refractivity contribution is -0.151. The molecule has 0 aromatic heterocycles. The molecule has 1 spiro atoms. The Balaban J connectivity index is 1.74. The van der Waals surface area contributed by atoms with E-state index in [1.807, 2.05) is 37.3 Å². The number of carbonyl (C=O) groups excluding carboxylic acids is 3. The lowest BCUT2D eigenvalue weighted by atomic mass is 9.66. The first kappa shape index (κ1) is 28.0. The van der Waals surface area contributed by atoms with Gasteiger partial charge in [0.25, 0.3) is 0 Å². The number of β-amino-alcohol motifs (C(OH)–C–C–N with tert-alkyl or cyclic N) is 1. The van der Waals surface area contributed by atoms with E-state index in [1.54, 1.807) is 22.0 Å². The van der Waals surface area contributed by atoms with Crippen molar-refractivity contribution in [3.63, 3.8) is 0 Å². The second kappa shape index (κ2) is 11.4. The summed E-state index contributed by atoms with van der Waals surface area (Å²) in [4.78, 5) is 47.3. The highest BCUT2D eigenvalue weighted by atomic mass is 16.5. The van der Waals surface area contributed by atoms with Crippen LogP contribution in [0.4, 0.5) is 5.69 Å². The topological polar surface area (TPSA) is 90.4 Å². The SMILES string of the molecule is C=CCN(CCCCC)C(=O)C1N(CCO)C(=O)[C@@H]2[C@H](C(=O)N(CC=C)c3ccccc3)[C@]3(C)CCC12O3. The molecule has 3 saturated heterocycles. The average molecular weight is 524 g/mol. The number of rotatable bonds is 13.